The Morgan fingerprint density at radius 2 is 1.67 bits per heavy atom. The minimum Gasteiger partial charge on any atom is -0.299 e. The highest BCUT2D eigenvalue weighted by Crippen LogP contribution is 2.31. The smallest absolute Gasteiger partial charge is 0.0233 e. The maximum Gasteiger partial charge on any atom is 0.0233 e. The summed E-state index contributed by atoms with van der Waals surface area (Å²) in [6.07, 6.45) is 2.58. The van der Waals surface area contributed by atoms with Crippen LogP contribution in [0.5, 0.6) is 0 Å². The molecule has 0 unspecified atom stereocenters. The Hall–Kier alpha value is -1.60. The lowest BCUT2D eigenvalue weighted by atomic mass is 9.86. The summed E-state index contributed by atoms with van der Waals surface area (Å²) in [5, 5.41) is 0. The van der Waals surface area contributed by atoms with Gasteiger partial charge in [-0.1, -0.05) is 54.1 Å². The Bertz CT molecular complexity index is 580. The average Bonchev–Trinajstić information content (AvgIpc) is 2.52. The Balaban J connectivity index is 1.61. The number of piperidine rings is 1. The van der Waals surface area contributed by atoms with E-state index in [1.165, 1.54) is 42.6 Å². The quantitative estimate of drug-likeness (QED) is 0.788. The van der Waals surface area contributed by atoms with Crippen LogP contribution in [0, 0.1) is 13.8 Å². The molecule has 21 heavy (non-hydrogen) atoms. The van der Waals surface area contributed by atoms with Gasteiger partial charge in [-0.15, -0.1) is 0 Å². The van der Waals surface area contributed by atoms with Crippen LogP contribution >= 0.6 is 0 Å². The SMILES string of the molecule is Cc1ccc(C)c(C2CCN(Cc3ccccc3)CC2)c1. The second-order valence-corrected chi connectivity index (χ2v) is 6.40. The number of hydrogen-bond acceptors (Lipinski definition) is 1. The average molecular weight is 279 g/mol. The molecule has 0 amide bonds. The number of benzene rings is 2. The van der Waals surface area contributed by atoms with Gasteiger partial charge in [0.05, 0.1) is 0 Å². The zero-order valence-electron chi connectivity index (χ0n) is 13.2. The Morgan fingerprint density at radius 3 is 2.38 bits per heavy atom. The molecule has 1 aliphatic heterocycles. The first-order valence-electron chi connectivity index (χ1n) is 8.06. The van der Waals surface area contributed by atoms with Gasteiger partial charge >= 0.3 is 0 Å². The fourth-order valence-electron chi connectivity index (χ4n) is 3.44. The summed E-state index contributed by atoms with van der Waals surface area (Å²) in [5.74, 6) is 0.747. The molecule has 0 aromatic heterocycles. The van der Waals surface area contributed by atoms with Crippen LogP contribution in [-0.4, -0.2) is 18.0 Å². The van der Waals surface area contributed by atoms with Crippen LogP contribution < -0.4 is 0 Å². The molecule has 1 fully saturated rings. The van der Waals surface area contributed by atoms with Crippen molar-refractivity contribution < 1.29 is 0 Å². The van der Waals surface area contributed by atoms with Gasteiger partial charge < -0.3 is 0 Å². The van der Waals surface area contributed by atoms with Crippen molar-refractivity contribution in [3.8, 4) is 0 Å². The van der Waals surface area contributed by atoms with Gasteiger partial charge in [-0.25, -0.2) is 0 Å². The van der Waals surface area contributed by atoms with Gasteiger partial charge in [0.25, 0.3) is 0 Å². The van der Waals surface area contributed by atoms with Crippen LogP contribution in [0.3, 0.4) is 0 Å². The minimum absolute atomic E-state index is 0.747. The van der Waals surface area contributed by atoms with Crippen LogP contribution in [0.2, 0.25) is 0 Å². The summed E-state index contributed by atoms with van der Waals surface area (Å²) in [6, 6.07) is 17.7. The lowest BCUT2D eigenvalue weighted by molar-refractivity contribution is 0.204. The zero-order valence-corrected chi connectivity index (χ0v) is 13.2. The molecule has 0 spiro atoms. The third-order valence-electron chi connectivity index (χ3n) is 4.71. The number of likely N-dealkylation sites (tertiary alicyclic amines) is 1. The third-order valence-corrected chi connectivity index (χ3v) is 4.71. The molecule has 2 aromatic rings. The maximum absolute atomic E-state index is 2.59. The highest BCUT2D eigenvalue weighted by Gasteiger charge is 2.21. The van der Waals surface area contributed by atoms with E-state index in [2.05, 4.69) is 67.3 Å². The van der Waals surface area contributed by atoms with Gasteiger partial charge in [-0.3, -0.25) is 4.90 Å². The fourth-order valence-corrected chi connectivity index (χ4v) is 3.44. The predicted molar refractivity (Wildman–Crippen MR) is 89.6 cm³/mol. The minimum atomic E-state index is 0.747. The van der Waals surface area contributed by atoms with Crippen molar-refractivity contribution in [2.24, 2.45) is 0 Å². The van der Waals surface area contributed by atoms with E-state index < -0.39 is 0 Å². The maximum atomic E-state index is 2.59. The Labute approximate surface area is 128 Å². The van der Waals surface area contributed by atoms with Gasteiger partial charge in [0.2, 0.25) is 0 Å². The van der Waals surface area contributed by atoms with Gasteiger partial charge in [0, 0.05) is 6.54 Å². The summed E-state index contributed by atoms with van der Waals surface area (Å²) in [6.45, 7) is 7.98. The molecule has 0 atom stereocenters. The summed E-state index contributed by atoms with van der Waals surface area (Å²) >= 11 is 0. The highest BCUT2D eigenvalue weighted by molar-refractivity contribution is 5.33. The van der Waals surface area contributed by atoms with E-state index in [1.54, 1.807) is 5.56 Å². The predicted octanol–water partition coefficient (Wildman–Crippen LogP) is 4.68. The zero-order chi connectivity index (χ0) is 14.7. The molecule has 0 aliphatic carbocycles. The number of rotatable bonds is 3. The van der Waals surface area contributed by atoms with Crippen LogP contribution in [0.4, 0.5) is 0 Å². The van der Waals surface area contributed by atoms with E-state index in [0.29, 0.717) is 0 Å². The first kappa shape index (κ1) is 14.3. The molecular weight excluding hydrogens is 254 g/mol. The number of nitrogens with zero attached hydrogens (tertiary/aromatic N) is 1. The van der Waals surface area contributed by atoms with Crippen molar-refractivity contribution in [3.63, 3.8) is 0 Å². The molecule has 2 aromatic carbocycles. The third kappa shape index (κ3) is 3.54. The number of hydrogen-bond donors (Lipinski definition) is 0. The lowest BCUT2D eigenvalue weighted by Crippen LogP contribution is -2.32. The van der Waals surface area contributed by atoms with Crippen molar-refractivity contribution in [3.05, 3.63) is 70.8 Å². The summed E-state index contributed by atoms with van der Waals surface area (Å²) in [5.41, 5.74) is 5.86. The molecular formula is C20H25N. The van der Waals surface area contributed by atoms with E-state index in [0.717, 1.165) is 12.5 Å². The lowest BCUT2D eigenvalue weighted by Gasteiger charge is -2.33. The van der Waals surface area contributed by atoms with Crippen molar-refractivity contribution >= 4 is 0 Å². The molecule has 1 saturated heterocycles. The molecule has 1 nitrogen and oxygen atoms in total. The van der Waals surface area contributed by atoms with Crippen LogP contribution in [0.1, 0.15) is 41.0 Å². The molecule has 0 N–H and O–H groups in total. The number of aryl methyl sites for hydroxylation is 2. The van der Waals surface area contributed by atoms with Crippen LogP contribution in [0.15, 0.2) is 48.5 Å². The van der Waals surface area contributed by atoms with Crippen molar-refractivity contribution in [2.75, 3.05) is 13.1 Å². The summed E-state index contributed by atoms with van der Waals surface area (Å²) in [7, 11) is 0. The van der Waals surface area contributed by atoms with Crippen molar-refractivity contribution in [1.29, 1.82) is 0 Å². The molecule has 1 heterocycles. The molecule has 0 bridgehead atoms. The standard InChI is InChI=1S/C20H25N/c1-16-8-9-17(2)20(14-16)19-10-12-21(13-11-19)15-18-6-4-3-5-7-18/h3-9,14,19H,10-13,15H2,1-2H3. The second kappa shape index (κ2) is 6.44. The fraction of sp³-hybridized carbons (Fsp3) is 0.400. The van der Waals surface area contributed by atoms with E-state index in [4.69, 9.17) is 0 Å². The highest BCUT2D eigenvalue weighted by atomic mass is 15.1. The molecule has 1 heteroatoms. The largest absolute Gasteiger partial charge is 0.299 e. The normalized spacial score (nSPS) is 17.0. The second-order valence-electron chi connectivity index (χ2n) is 6.40. The molecule has 0 radical (unpaired) electrons. The van der Waals surface area contributed by atoms with Gasteiger partial charge in [-0.05, 0) is 62.4 Å². The van der Waals surface area contributed by atoms with Crippen molar-refractivity contribution in [1.82, 2.24) is 4.90 Å². The van der Waals surface area contributed by atoms with E-state index in [-0.39, 0.29) is 0 Å². The van der Waals surface area contributed by atoms with E-state index in [1.807, 2.05) is 0 Å². The first-order chi connectivity index (χ1) is 10.2. The van der Waals surface area contributed by atoms with Crippen LogP contribution in [-0.2, 0) is 6.54 Å². The molecule has 0 saturated carbocycles. The van der Waals surface area contributed by atoms with Crippen molar-refractivity contribution in [2.45, 2.75) is 39.2 Å². The van der Waals surface area contributed by atoms with Gasteiger partial charge in [0.15, 0.2) is 0 Å². The molecule has 3 rings (SSSR count). The topological polar surface area (TPSA) is 3.24 Å². The van der Waals surface area contributed by atoms with Gasteiger partial charge in [0.1, 0.15) is 0 Å². The summed E-state index contributed by atoms with van der Waals surface area (Å²) < 4.78 is 0. The van der Waals surface area contributed by atoms with E-state index in [9.17, 15) is 0 Å². The Morgan fingerprint density at radius 1 is 0.952 bits per heavy atom. The monoisotopic (exact) mass is 279 g/mol. The summed E-state index contributed by atoms with van der Waals surface area (Å²) in [4.78, 5) is 2.59. The molecule has 110 valence electrons. The van der Waals surface area contributed by atoms with E-state index >= 15 is 0 Å². The Kier molecular flexibility index (Phi) is 4.40. The van der Waals surface area contributed by atoms with Crippen LogP contribution in [0.25, 0.3) is 0 Å². The van der Waals surface area contributed by atoms with Gasteiger partial charge in [-0.2, -0.15) is 0 Å². The molecule has 1 aliphatic rings. The first-order valence-corrected chi connectivity index (χ1v) is 8.06.